The van der Waals surface area contributed by atoms with Crippen molar-refractivity contribution in [2.75, 3.05) is 7.11 Å². The first-order chi connectivity index (χ1) is 5.05. The van der Waals surface area contributed by atoms with Gasteiger partial charge in [-0.2, -0.15) is 0 Å². The van der Waals surface area contributed by atoms with Crippen molar-refractivity contribution < 1.29 is 9.84 Å². The van der Waals surface area contributed by atoms with Gasteiger partial charge in [0.05, 0.1) is 10.7 Å². The molecule has 0 fully saturated rings. The van der Waals surface area contributed by atoms with Crippen LogP contribution >= 0.6 is 45.2 Å². The SMILES string of the molecule is COC1=C(I)C=CC(O)(I)C1. The second-order valence-electron chi connectivity index (χ2n) is 2.30. The van der Waals surface area contributed by atoms with Crippen LogP contribution in [0.2, 0.25) is 0 Å². The minimum absolute atomic E-state index is 0.554. The van der Waals surface area contributed by atoms with E-state index in [1.807, 2.05) is 28.7 Å². The summed E-state index contributed by atoms with van der Waals surface area (Å²) >= 11 is 4.18. The van der Waals surface area contributed by atoms with Crippen LogP contribution < -0.4 is 0 Å². The van der Waals surface area contributed by atoms with Crippen LogP contribution in [0.4, 0.5) is 0 Å². The Morgan fingerprint density at radius 2 is 2.36 bits per heavy atom. The van der Waals surface area contributed by atoms with Crippen molar-refractivity contribution in [1.29, 1.82) is 0 Å². The first-order valence-corrected chi connectivity index (χ1v) is 5.24. The topological polar surface area (TPSA) is 29.5 Å². The van der Waals surface area contributed by atoms with Gasteiger partial charge in [-0.1, -0.05) is 0 Å². The molecule has 0 bridgehead atoms. The average molecular weight is 378 g/mol. The van der Waals surface area contributed by atoms with Crippen LogP contribution in [0.3, 0.4) is 0 Å². The molecular formula is C7H8I2O2. The largest absolute Gasteiger partial charge is 0.500 e. The van der Waals surface area contributed by atoms with Crippen LogP contribution in [-0.2, 0) is 4.74 Å². The second kappa shape index (κ2) is 3.61. The van der Waals surface area contributed by atoms with Crippen molar-refractivity contribution in [3.8, 4) is 0 Å². The third-order valence-electron chi connectivity index (χ3n) is 1.41. The normalized spacial score (nSPS) is 30.9. The summed E-state index contributed by atoms with van der Waals surface area (Å²) in [5.74, 6) is 0.852. The number of aliphatic hydroxyl groups is 1. The molecule has 0 aromatic heterocycles. The van der Waals surface area contributed by atoms with Gasteiger partial charge >= 0.3 is 0 Å². The average Bonchev–Trinajstić information content (AvgIpc) is 1.94. The summed E-state index contributed by atoms with van der Waals surface area (Å²) in [5.41, 5.74) is 0. The monoisotopic (exact) mass is 378 g/mol. The van der Waals surface area contributed by atoms with Crippen molar-refractivity contribution in [3.05, 3.63) is 21.5 Å². The Hall–Kier alpha value is 0.700. The fraction of sp³-hybridized carbons (Fsp3) is 0.429. The predicted octanol–water partition coefficient (Wildman–Crippen LogP) is 2.36. The van der Waals surface area contributed by atoms with E-state index in [4.69, 9.17) is 4.74 Å². The standard InChI is InChI=1S/C7H8I2O2/c1-11-6-4-7(9,10)3-2-5(6)8/h2-3,10H,4H2,1H3. The van der Waals surface area contributed by atoms with Crippen LogP contribution in [-0.4, -0.2) is 15.8 Å². The van der Waals surface area contributed by atoms with Gasteiger partial charge in [-0.3, -0.25) is 0 Å². The fourth-order valence-electron chi connectivity index (χ4n) is 0.832. The van der Waals surface area contributed by atoms with Gasteiger partial charge in [0.25, 0.3) is 0 Å². The molecule has 0 amide bonds. The number of allylic oxidation sites excluding steroid dienone is 2. The molecule has 1 atom stereocenters. The first-order valence-electron chi connectivity index (χ1n) is 3.08. The van der Waals surface area contributed by atoms with E-state index in [1.165, 1.54) is 0 Å². The molecule has 1 unspecified atom stereocenters. The molecule has 2 nitrogen and oxygen atoms in total. The minimum atomic E-state index is -0.766. The molecule has 0 saturated heterocycles. The van der Waals surface area contributed by atoms with Crippen molar-refractivity contribution >= 4 is 45.2 Å². The highest BCUT2D eigenvalue weighted by atomic mass is 127. The van der Waals surface area contributed by atoms with Gasteiger partial charge in [0.15, 0.2) is 0 Å². The molecule has 0 aromatic rings. The molecule has 0 aromatic carbocycles. The Morgan fingerprint density at radius 3 is 2.82 bits per heavy atom. The summed E-state index contributed by atoms with van der Waals surface area (Å²) in [7, 11) is 1.62. The highest BCUT2D eigenvalue weighted by Gasteiger charge is 2.25. The number of alkyl halides is 1. The summed E-state index contributed by atoms with van der Waals surface area (Å²) in [5, 5.41) is 9.58. The van der Waals surface area contributed by atoms with Gasteiger partial charge in [-0.05, 0) is 57.3 Å². The summed E-state index contributed by atoms with van der Waals surface area (Å²) < 4.78 is 5.39. The van der Waals surface area contributed by atoms with Gasteiger partial charge in [0.2, 0.25) is 0 Å². The number of methoxy groups -OCH3 is 1. The van der Waals surface area contributed by atoms with Gasteiger partial charge in [0, 0.05) is 6.42 Å². The lowest BCUT2D eigenvalue weighted by atomic mass is 10.1. The minimum Gasteiger partial charge on any atom is -0.500 e. The van der Waals surface area contributed by atoms with Gasteiger partial charge < -0.3 is 9.84 Å². The van der Waals surface area contributed by atoms with Crippen LogP contribution in [0.25, 0.3) is 0 Å². The van der Waals surface area contributed by atoms with Gasteiger partial charge in [-0.25, -0.2) is 0 Å². The van der Waals surface area contributed by atoms with E-state index < -0.39 is 3.61 Å². The van der Waals surface area contributed by atoms with E-state index in [1.54, 1.807) is 13.2 Å². The van der Waals surface area contributed by atoms with Crippen molar-refractivity contribution in [2.24, 2.45) is 0 Å². The van der Waals surface area contributed by atoms with Crippen molar-refractivity contribution in [2.45, 2.75) is 10.0 Å². The van der Waals surface area contributed by atoms with Crippen LogP contribution in [0.5, 0.6) is 0 Å². The number of hydrogen-bond donors (Lipinski definition) is 1. The smallest absolute Gasteiger partial charge is 0.141 e. The Bertz CT molecular complexity index is 218. The highest BCUT2D eigenvalue weighted by Crippen LogP contribution is 2.34. The number of rotatable bonds is 1. The maximum Gasteiger partial charge on any atom is 0.141 e. The molecule has 1 rings (SSSR count). The van der Waals surface area contributed by atoms with Crippen LogP contribution in [0.1, 0.15) is 6.42 Å². The predicted molar refractivity (Wildman–Crippen MR) is 60.8 cm³/mol. The zero-order chi connectivity index (χ0) is 8.48. The zero-order valence-corrected chi connectivity index (χ0v) is 10.3. The highest BCUT2D eigenvalue weighted by molar-refractivity contribution is 14.1. The first kappa shape index (κ1) is 9.79. The summed E-state index contributed by atoms with van der Waals surface area (Å²) in [6.07, 6.45) is 4.20. The molecule has 11 heavy (non-hydrogen) atoms. The fourth-order valence-corrected chi connectivity index (χ4v) is 1.95. The molecule has 1 N–H and O–H groups in total. The number of hydrogen-bond acceptors (Lipinski definition) is 2. The quantitative estimate of drug-likeness (QED) is 0.561. The van der Waals surface area contributed by atoms with Gasteiger partial charge in [-0.15, -0.1) is 0 Å². The molecule has 1 aliphatic carbocycles. The molecule has 0 aliphatic heterocycles. The zero-order valence-electron chi connectivity index (χ0n) is 5.97. The lowest BCUT2D eigenvalue weighted by Crippen LogP contribution is -2.20. The second-order valence-corrected chi connectivity index (χ2v) is 5.33. The Kier molecular flexibility index (Phi) is 3.21. The lowest BCUT2D eigenvalue weighted by molar-refractivity contribution is 0.168. The third kappa shape index (κ3) is 2.59. The van der Waals surface area contributed by atoms with E-state index in [2.05, 4.69) is 22.6 Å². The molecule has 0 heterocycles. The number of ether oxygens (including phenoxy) is 1. The van der Waals surface area contributed by atoms with Crippen LogP contribution in [0, 0.1) is 0 Å². The van der Waals surface area contributed by atoms with Gasteiger partial charge in [0.1, 0.15) is 9.37 Å². The molecule has 0 radical (unpaired) electrons. The summed E-state index contributed by atoms with van der Waals surface area (Å²) in [6.45, 7) is 0. The number of halogens is 2. The summed E-state index contributed by atoms with van der Waals surface area (Å²) in [4.78, 5) is 0. The van der Waals surface area contributed by atoms with E-state index in [9.17, 15) is 5.11 Å². The molecule has 1 aliphatic rings. The molecular weight excluding hydrogens is 370 g/mol. The van der Waals surface area contributed by atoms with Crippen molar-refractivity contribution in [1.82, 2.24) is 0 Å². The Balaban J connectivity index is 2.84. The Labute approximate surface area is 93.0 Å². The summed E-state index contributed by atoms with van der Waals surface area (Å²) in [6, 6.07) is 0. The molecule has 0 spiro atoms. The molecule has 62 valence electrons. The van der Waals surface area contributed by atoms with E-state index in [-0.39, 0.29) is 0 Å². The van der Waals surface area contributed by atoms with Crippen LogP contribution in [0.15, 0.2) is 21.5 Å². The van der Waals surface area contributed by atoms with E-state index in [0.29, 0.717) is 6.42 Å². The lowest BCUT2D eigenvalue weighted by Gasteiger charge is -2.22. The molecule has 0 saturated carbocycles. The molecule has 4 heteroatoms. The van der Waals surface area contributed by atoms with Crippen molar-refractivity contribution in [3.63, 3.8) is 0 Å². The van der Waals surface area contributed by atoms with E-state index in [0.717, 1.165) is 9.34 Å². The third-order valence-corrected chi connectivity index (χ3v) is 3.11. The van der Waals surface area contributed by atoms with E-state index >= 15 is 0 Å². The maximum absolute atomic E-state index is 9.58. The maximum atomic E-state index is 9.58. The Morgan fingerprint density at radius 1 is 1.73 bits per heavy atom.